The highest BCUT2D eigenvalue weighted by Crippen LogP contribution is 2.05. The first-order chi connectivity index (χ1) is 40.6. The second kappa shape index (κ2) is 62.7. The van der Waals surface area contributed by atoms with Crippen molar-refractivity contribution in [3.8, 4) is 0 Å². The molecule has 3 rings (SSSR count). The molecule has 2 amide bonds. The Labute approximate surface area is 496 Å². The summed E-state index contributed by atoms with van der Waals surface area (Å²) < 4.78 is 63.0. The van der Waals surface area contributed by atoms with E-state index in [1.807, 2.05) is 91.0 Å². The Bertz CT molecular complexity index is 1910. The number of alkyl carbamates (subject to hydrolysis) is 1. The molecular weight excluding hydrogens is 1100 g/mol. The van der Waals surface area contributed by atoms with Crippen LogP contribution in [0.5, 0.6) is 0 Å². The molecule has 83 heavy (non-hydrogen) atoms. The van der Waals surface area contributed by atoms with Crippen LogP contribution < -0.4 is 27.8 Å². The molecule has 472 valence electrons. The molecule has 0 spiro atoms. The van der Waals surface area contributed by atoms with Crippen molar-refractivity contribution in [3.63, 3.8) is 0 Å². The number of esters is 1. The van der Waals surface area contributed by atoms with Crippen LogP contribution in [0.4, 0.5) is 9.59 Å². The molecule has 0 radical (unpaired) electrons. The number of ether oxygens (including phenoxy) is 12. The maximum atomic E-state index is 11.6. The topological polar surface area (TPSA) is 318 Å². The lowest BCUT2D eigenvalue weighted by Crippen LogP contribution is -2.26. The van der Waals surface area contributed by atoms with Gasteiger partial charge < -0.3 is 89.8 Å². The van der Waals surface area contributed by atoms with Crippen LogP contribution in [0.2, 0.25) is 0 Å². The third-order valence-corrected chi connectivity index (χ3v) is 10.5. The summed E-state index contributed by atoms with van der Waals surface area (Å²) in [5.74, 6) is -1.42. The molecule has 0 aliphatic rings. The number of hydrogen-bond donors (Lipinski definition) is 6. The number of hydrogen-bond acceptors (Lipinski definition) is 20. The van der Waals surface area contributed by atoms with E-state index in [0.29, 0.717) is 178 Å². The second-order valence-electron chi connectivity index (χ2n) is 17.5. The number of nitrogens with two attached hydrogens (primary N) is 3. The Morgan fingerprint density at radius 3 is 1.06 bits per heavy atom. The maximum Gasteiger partial charge on any atom is 0.407 e. The number of aliphatic carboxylic acids is 1. The van der Waals surface area contributed by atoms with Crippen molar-refractivity contribution in [3.05, 3.63) is 108 Å². The van der Waals surface area contributed by atoms with Crippen molar-refractivity contribution in [1.29, 1.82) is 0 Å². The van der Waals surface area contributed by atoms with E-state index in [9.17, 15) is 24.0 Å². The first-order valence-corrected chi connectivity index (χ1v) is 28.8. The van der Waals surface area contributed by atoms with Crippen LogP contribution in [0, 0.1) is 0 Å². The molecule has 3 aromatic rings. The second-order valence-corrected chi connectivity index (χ2v) is 17.8. The summed E-state index contributed by atoms with van der Waals surface area (Å²) in [5, 5.41) is 13.8. The van der Waals surface area contributed by atoms with E-state index in [1.54, 1.807) is 0 Å². The normalized spacial score (nSPS) is 10.5. The number of carbonyl (C=O) groups excluding carboxylic acids is 4. The van der Waals surface area contributed by atoms with Crippen LogP contribution >= 0.6 is 11.6 Å². The van der Waals surface area contributed by atoms with Gasteiger partial charge in [0.25, 0.3) is 0 Å². The standard InChI is InChI=1S/C22H34N2O8.C19H31NO5.C10H24N2O3.C8H7ClO2/c25-20(8-9-21(26)27)23-10-4-12-29-14-16-31-17-15-30-13-5-11-24-22(28)32-18-19-6-2-1-3-7-19;20-10-6-12-23-14-16-24-15-13-22-11-5-4-9-19(21)25-17-18-7-2-1-3-8-18;11-3-1-5-13-7-9-15-10-8-14-6-2-4-12;9-8(10)11-6-7-4-2-1-3-5-7/h1-3,6-7H,4-5,8-18H2,(H,23,25)(H,24,28)(H,26,27);1-3,7-8H,4-6,9-17,20H2;1-12H2;1-5H,6H2. The van der Waals surface area contributed by atoms with Crippen molar-refractivity contribution in [1.82, 2.24) is 10.6 Å². The lowest BCUT2D eigenvalue weighted by atomic mass is 10.2. The average Bonchev–Trinajstić information content (AvgIpc) is 3.50. The molecular formula is C59H96ClN5O18. The molecule has 0 bridgehead atoms. The van der Waals surface area contributed by atoms with Gasteiger partial charge in [-0.2, -0.15) is 0 Å². The lowest BCUT2D eigenvalue weighted by molar-refractivity contribution is -0.145. The number of carboxylic acids is 1. The fraction of sp³-hybridized carbons (Fsp3) is 0.610. The molecule has 0 aliphatic heterocycles. The summed E-state index contributed by atoms with van der Waals surface area (Å²) in [4.78, 5) is 55.0. The summed E-state index contributed by atoms with van der Waals surface area (Å²) >= 11 is 4.97. The van der Waals surface area contributed by atoms with Crippen molar-refractivity contribution in [2.24, 2.45) is 17.2 Å². The minimum atomic E-state index is -0.984. The number of carboxylic acid groups (broad SMARTS) is 1. The third-order valence-electron chi connectivity index (χ3n) is 10.4. The van der Waals surface area contributed by atoms with E-state index >= 15 is 0 Å². The molecule has 0 unspecified atom stereocenters. The minimum Gasteiger partial charge on any atom is -0.481 e. The summed E-state index contributed by atoms with van der Waals surface area (Å²) in [6.45, 7) is 14.1. The van der Waals surface area contributed by atoms with E-state index in [0.717, 1.165) is 48.8 Å². The molecule has 0 saturated carbocycles. The molecule has 0 aromatic heterocycles. The van der Waals surface area contributed by atoms with E-state index in [4.69, 9.17) is 86.0 Å². The molecule has 0 heterocycles. The molecule has 0 aliphatic carbocycles. The zero-order chi connectivity index (χ0) is 60.6. The Hall–Kier alpha value is -5.38. The fourth-order valence-corrected chi connectivity index (χ4v) is 6.08. The van der Waals surface area contributed by atoms with Crippen LogP contribution in [-0.2, 0) is 91.0 Å². The van der Waals surface area contributed by atoms with Crippen molar-refractivity contribution < 1.29 is 85.9 Å². The summed E-state index contributed by atoms with van der Waals surface area (Å²) in [6.07, 6.45) is 5.42. The highest BCUT2D eigenvalue weighted by molar-refractivity contribution is 6.61. The average molecular weight is 1200 g/mol. The first-order valence-electron chi connectivity index (χ1n) is 28.4. The largest absolute Gasteiger partial charge is 0.481 e. The molecule has 0 saturated heterocycles. The van der Waals surface area contributed by atoms with Crippen molar-refractivity contribution >= 4 is 41.0 Å². The van der Waals surface area contributed by atoms with Crippen molar-refractivity contribution in [2.45, 2.75) is 84.0 Å². The number of carbonyl (C=O) groups is 5. The zero-order valence-corrected chi connectivity index (χ0v) is 49.4. The molecule has 0 fully saturated rings. The molecule has 0 atom stereocenters. The number of nitrogens with one attached hydrogen (secondary N) is 2. The summed E-state index contributed by atoms with van der Waals surface area (Å²) in [5.41, 5.74) is 18.1. The zero-order valence-electron chi connectivity index (χ0n) is 48.6. The minimum absolute atomic E-state index is 0.0100. The maximum absolute atomic E-state index is 11.6. The van der Waals surface area contributed by atoms with Gasteiger partial charge in [-0.25, -0.2) is 9.59 Å². The van der Waals surface area contributed by atoms with Gasteiger partial charge in [0.2, 0.25) is 5.91 Å². The van der Waals surface area contributed by atoms with Crippen LogP contribution in [0.25, 0.3) is 0 Å². The third kappa shape index (κ3) is 61.0. The fourth-order valence-electron chi connectivity index (χ4n) is 6.03. The number of unbranched alkanes of at least 4 members (excludes halogenated alkanes) is 1. The first kappa shape index (κ1) is 77.6. The van der Waals surface area contributed by atoms with Gasteiger partial charge in [-0.05, 0) is 81.3 Å². The van der Waals surface area contributed by atoms with E-state index in [1.165, 1.54) is 0 Å². The lowest BCUT2D eigenvalue weighted by Gasteiger charge is -2.08. The number of halogens is 1. The highest BCUT2D eigenvalue weighted by atomic mass is 35.5. The Morgan fingerprint density at radius 2 is 0.699 bits per heavy atom. The Morgan fingerprint density at radius 1 is 0.373 bits per heavy atom. The van der Waals surface area contributed by atoms with Gasteiger partial charge in [0.1, 0.15) is 19.8 Å². The van der Waals surface area contributed by atoms with Gasteiger partial charge >= 0.3 is 23.5 Å². The summed E-state index contributed by atoms with van der Waals surface area (Å²) in [6, 6.07) is 28.5. The quantitative estimate of drug-likeness (QED) is 0.0156. The van der Waals surface area contributed by atoms with Crippen LogP contribution in [0.3, 0.4) is 0 Å². The molecule has 24 heteroatoms. The van der Waals surface area contributed by atoms with Gasteiger partial charge in [0.15, 0.2) is 0 Å². The highest BCUT2D eigenvalue weighted by Gasteiger charge is 2.06. The van der Waals surface area contributed by atoms with E-state index in [2.05, 4.69) is 15.4 Å². The summed E-state index contributed by atoms with van der Waals surface area (Å²) in [7, 11) is 0. The van der Waals surface area contributed by atoms with Crippen LogP contribution in [0.1, 0.15) is 80.9 Å². The molecule has 3 aromatic carbocycles. The number of amides is 2. The van der Waals surface area contributed by atoms with Gasteiger partial charge in [-0.1, -0.05) is 91.0 Å². The van der Waals surface area contributed by atoms with E-state index < -0.39 is 17.5 Å². The number of benzene rings is 3. The number of rotatable bonds is 49. The van der Waals surface area contributed by atoms with Crippen molar-refractivity contribution in [2.75, 3.05) is 152 Å². The smallest absolute Gasteiger partial charge is 0.407 e. The molecule has 9 N–H and O–H groups in total. The Balaban J connectivity index is 0.00000116. The van der Waals surface area contributed by atoms with Crippen LogP contribution in [0.15, 0.2) is 91.0 Å². The van der Waals surface area contributed by atoms with Gasteiger partial charge in [0, 0.05) is 77.2 Å². The predicted molar refractivity (Wildman–Crippen MR) is 315 cm³/mol. The van der Waals surface area contributed by atoms with Gasteiger partial charge in [-0.15, -0.1) is 0 Å². The SMILES string of the molecule is NCCCOCCOCCOCCCCC(=O)OCc1ccccc1.NCCCOCCOCCOCCCN.O=C(Cl)OCc1ccccc1.O=C(O)CCC(=O)NCCCOCCOCCOCCCNC(=O)OCc1ccccc1. The molecule has 23 nitrogen and oxygen atoms in total. The predicted octanol–water partition coefficient (Wildman–Crippen LogP) is 6.32. The Kier molecular flexibility index (Phi) is 58.6. The van der Waals surface area contributed by atoms with E-state index in [-0.39, 0.29) is 37.9 Å². The van der Waals surface area contributed by atoms with Crippen LogP contribution in [-0.4, -0.2) is 186 Å². The van der Waals surface area contributed by atoms with Gasteiger partial charge in [-0.3, -0.25) is 14.4 Å². The van der Waals surface area contributed by atoms with Gasteiger partial charge in [0.05, 0.1) is 85.7 Å². The monoisotopic (exact) mass is 1200 g/mol.